The van der Waals surface area contributed by atoms with Gasteiger partial charge in [-0.3, -0.25) is 19.8 Å². The van der Waals surface area contributed by atoms with Gasteiger partial charge in [-0.2, -0.15) is 5.10 Å². The topological polar surface area (TPSA) is 94.9 Å². The molecule has 9 nitrogen and oxygen atoms in total. The van der Waals surface area contributed by atoms with E-state index in [1.807, 2.05) is 0 Å². The maximum atomic E-state index is 12.1. The summed E-state index contributed by atoms with van der Waals surface area (Å²) in [5.41, 5.74) is 4.72. The third-order valence-corrected chi connectivity index (χ3v) is 7.50. The SMILES string of the molecule is CN1CCN(Cc2cc(-c3cc(NC4CC4)c4ncc(C=C5CC(=O)NC5=O)n4n3)cs2)CC1. The molecule has 2 N–H and O–H groups in total. The molecular weight excluding hydrogens is 450 g/mol. The molecule has 2 aliphatic heterocycles. The summed E-state index contributed by atoms with van der Waals surface area (Å²) in [6, 6.07) is 4.77. The maximum Gasteiger partial charge on any atom is 0.254 e. The summed E-state index contributed by atoms with van der Waals surface area (Å²) < 4.78 is 1.78. The van der Waals surface area contributed by atoms with Crippen molar-refractivity contribution < 1.29 is 9.59 Å². The second-order valence-electron chi connectivity index (χ2n) is 9.39. The van der Waals surface area contributed by atoms with Crippen LogP contribution in [0.5, 0.6) is 0 Å². The molecule has 0 unspecified atom stereocenters. The summed E-state index contributed by atoms with van der Waals surface area (Å²) in [7, 11) is 2.17. The van der Waals surface area contributed by atoms with Crippen LogP contribution in [0.15, 0.2) is 29.3 Å². The molecule has 1 aliphatic carbocycles. The van der Waals surface area contributed by atoms with E-state index in [9.17, 15) is 9.59 Å². The predicted molar refractivity (Wildman–Crippen MR) is 131 cm³/mol. The molecule has 176 valence electrons. The summed E-state index contributed by atoms with van der Waals surface area (Å²) in [6.07, 6.45) is 5.80. The van der Waals surface area contributed by atoms with Crippen molar-refractivity contribution in [1.82, 2.24) is 29.7 Å². The summed E-state index contributed by atoms with van der Waals surface area (Å²) >= 11 is 1.77. The second kappa shape index (κ2) is 8.61. The summed E-state index contributed by atoms with van der Waals surface area (Å²) in [5, 5.41) is 13.0. The molecule has 0 bridgehead atoms. The number of imide groups is 1. The molecule has 2 amide bonds. The van der Waals surface area contributed by atoms with Crippen LogP contribution in [0.25, 0.3) is 23.0 Å². The molecule has 10 heteroatoms. The Morgan fingerprint density at radius 2 is 2.03 bits per heavy atom. The lowest BCUT2D eigenvalue weighted by Gasteiger charge is -2.31. The predicted octanol–water partition coefficient (Wildman–Crippen LogP) is 2.21. The van der Waals surface area contributed by atoms with Crippen LogP contribution in [-0.2, 0) is 16.1 Å². The van der Waals surface area contributed by atoms with Gasteiger partial charge >= 0.3 is 0 Å². The van der Waals surface area contributed by atoms with E-state index in [4.69, 9.17) is 5.10 Å². The Balaban J connectivity index is 1.33. The lowest BCUT2D eigenvalue weighted by molar-refractivity contribution is -0.124. The van der Waals surface area contributed by atoms with E-state index in [0.717, 1.165) is 68.2 Å². The largest absolute Gasteiger partial charge is 0.379 e. The average molecular weight is 478 g/mol. The van der Waals surface area contributed by atoms with E-state index in [-0.39, 0.29) is 18.2 Å². The van der Waals surface area contributed by atoms with Crippen molar-refractivity contribution in [2.75, 3.05) is 38.5 Å². The Morgan fingerprint density at radius 1 is 1.21 bits per heavy atom. The van der Waals surface area contributed by atoms with Crippen LogP contribution in [0, 0.1) is 0 Å². The maximum absolute atomic E-state index is 12.1. The minimum absolute atomic E-state index is 0.0825. The van der Waals surface area contributed by atoms with Crippen LogP contribution >= 0.6 is 11.3 Å². The Morgan fingerprint density at radius 3 is 2.76 bits per heavy atom. The minimum atomic E-state index is -0.348. The van der Waals surface area contributed by atoms with Gasteiger partial charge in [0.15, 0.2) is 5.65 Å². The van der Waals surface area contributed by atoms with E-state index in [1.165, 1.54) is 4.88 Å². The van der Waals surface area contributed by atoms with Gasteiger partial charge in [0, 0.05) is 60.2 Å². The number of anilines is 1. The van der Waals surface area contributed by atoms with Crippen molar-refractivity contribution in [3.05, 3.63) is 39.9 Å². The van der Waals surface area contributed by atoms with Crippen LogP contribution in [0.4, 0.5) is 5.69 Å². The first-order valence-corrected chi connectivity index (χ1v) is 12.6. The molecule has 0 spiro atoms. The van der Waals surface area contributed by atoms with Crippen LogP contribution in [-0.4, -0.2) is 75.5 Å². The highest BCUT2D eigenvalue weighted by Crippen LogP contribution is 2.32. The molecule has 34 heavy (non-hydrogen) atoms. The number of nitrogens with one attached hydrogen (secondary N) is 2. The first kappa shape index (κ1) is 21.5. The summed E-state index contributed by atoms with van der Waals surface area (Å²) in [6.45, 7) is 5.35. The third kappa shape index (κ3) is 4.36. The van der Waals surface area contributed by atoms with Gasteiger partial charge < -0.3 is 10.2 Å². The van der Waals surface area contributed by atoms with Gasteiger partial charge in [0.05, 0.1) is 29.7 Å². The smallest absolute Gasteiger partial charge is 0.254 e. The number of carbonyl (C=O) groups excluding carboxylic acids is 2. The van der Waals surface area contributed by atoms with Gasteiger partial charge in [-0.15, -0.1) is 11.3 Å². The van der Waals surface area contributed by atoms with Crippen LogP contribution in [0.2, 0.25) is 0 Å². The van der Waals surface area contributed by atoms with Crippen molar-refractivity contribution >= 4 is 40.6 Å². The number of amides is 2. The Kier molecular flexibility index (Phi) is 5.43. The van der Waals surface area contributed by atoms with Crippen molar-refractivity contribution in [3.8, 4) is 11.3 Å². The average Bonchev–Trinajstić information content (AvgIpc) is 3.20. The molecule has 0 aromatic carbocycles. The van der Waals surface area contributed by atoms with Crippen LogP contribution < -0.4 is 10.6 Å². The summed E-state index contributed by atoms with van der Waals surface area (Å²) in [4.78, 5) is 34.5. The zero-order chi connectivity index (χ0) is 23.2. The van der Waals surface area contributed by atoms with E-state index < -0.39 is 0 Å². The number of rotatable bonds is 6. The van der Waals surface area contributed by atoms with Crippen molar-refractivity contribution in [3.63, 3.8) is 0 Å². The molecule has 0 radical (unpaired) electrons. The highest BCUT2D eigenvalue weighted by atomic mass is 32.1. The van der Waals surface area contributed by atoms with E-state index in [2.05, 4.69) is 50.0 Å². The first-order valence-electron chi connectivity index (χ1n) is 11.7. The number of aromatic nitrogens is 3. The highest BCUT2D eigenvalue weighted by molar-refractivity contribution is 7.10. The van der Waals surface area contributed by atoms with Gasteiger partial charge in [-0.05, 0) is 38.1 Å². The number of thiophene rings is 1. The zero-order valence-electron chi connectivity index (χ0n) is 19.1. The Hall–Kier alpha value is -3.08. The lowest BCUT2D eigenvalue weighted by Crippen LogP contribution is -2.43. The number of likely N-dealkylation sites (N-methyl/N-ethyl adjacent to an activating group) is 1. The molecule has 3 fully saturated rings. The molecule has 3 aromatic rings. The molecule has 3 aromatic heterocycles. The monoisotopic (exact) mass is 477 g/mol. The number of hydrogen-bond acceptors (Lipinski definition) is 8. The van der Waals surface area contributed by atoms with E-state index in [0.29, 0.717) is 17.3 Å². The van der Waals surface area contributed by atoms with Crippen LogP contribution in [0.1, 0.15) is 29.8 Å². The molecule has 5 heterocycles. The molecular formula is C24H27N7O2S. The lowest BCUT2D eigenvalue weighted by atomic mass is 10.2. The Labute approximate surface area is 201 Å². The molecule has 6 rings (SSSR count). The molecule has 1 saturated carbocycles. The normalized spacial score (nSPS) is 21.0. The van der Waals surface area contributed by atoms with Gasteiger partial charge in [0.2, 0.25) is 5.91 Å². The standard InChI is InChI=1S/C24H27N7O2S/c1-29-4-6-30(7-5-29)13-19-9-16(14-34-19)20-11-21(26-17-2-3-17)23-25-12-18(31(23)28-20)8-15-10-22(32)27-24(15)33/h8-9,11-12,14,17,26H,2-7,10,13H2,1H3,(H,27,32,33). The molecule has 3 aliphatic rings. The Bertz CT molecular complexity index is 1300. The quantitative estimate of drug-likeness (QED) is 0.415. The first-order chi connectivity index (χ1) is 16.5. The number of piperazine rings is 1. The number of fused-ring (bicyclic) bond motifs is 1. The molecule has 0 atom stereocenters. The summed E-state index contributed by atoms with van der Waals surface area (Å²) in [5.74, 6) is -0.625. The van der Waals surface area contributed by atoms with E-state index in [1.54, 1.807) is 28.1 Å². The second-order valence-corrected chi connectivity index (χ2v) is 10.4. The minimum Gasteiger partial charge on any atom is -0.379 e. The molecule has 2 saturated heterocycles. The number of imidazole rings is 1. The van der Waals surface area contributed by atoms with Gasteiger partial charge in [0.25, 0.3) is 5.91 Å². The fourth-order valence-electron chi connectivity index (χ4n) is 4.40. The van der Waals surface area contributed by atoms with Crippen LogP contribution in [0.3, 0.4) is 0 Å². The number of nitrogens with zero attached hydrogens (tertiary/aromatic N) is 5. The fraction of sp³-hybridized carbons (Fsp3) is 0.417. The number of carbonyl (C=O) groups is 2. The number of hydrogen-bond donors (Lipinski definition) is 2. The van der Waals surface area contributed by atoms with Crippen molar-refractivity contribution in [2.24, 2.45) is 0 Å². The fourth-order valence-corrected chi connectivity index (χ4v) is 5.32. The van der Waals surface area contributed by atoms with E-state index >= 15 is 0 Å². The highest BCUT2D eigenvalue weighted by Gasteiger charge is 2.26. The van der Waals surface area contributed by atoms with Crippen molar-refractivity contribution in [2.45, 2.75) is 31.8 Å². The zero-order valence-corrected chi connectivity index (χ0v) is 19.9. The van der Waals surface area contributed by atoms with Gasteiger partial charge in [-0.25, -0.2) is 9.50 Å². The van der Waals surface area contributed by atoms with Gasteiger partial charge in [0.1, 0.15) is 0 Å². The van der Waals surface area contributed by atoms with Crippen molar-refractivity contribution in [1.29, 1.82) is 0 Å². The third-order valence-electron chi connectivity index (χ3n) is 6.57. The van der Waals surface area contributed by atoms with Gasteiger partial charge in [-0.1, -0.05) is 0 Å².